The van der Waals surface area contributed by atoms with E-state index in [9.17, 15) is 13.2 Å². The van der Waals surface area contributed by atoms with Crippen LogP contribution in [0.4, 0.5) is 5.69 Å². The zero-order valence-electron chi connectivity index (χ0n) is 19.7. The monoisotopic (exact) mass is 483 g/mol. The number of rotatable bonds is 9. The average molecular weight is 484 g/mol. The van der Waals surface area contributed by atoms with Crippen molar-refractivity contribution in [1.82, 2.24) is 14.5 Å². The summed E-state index contributed by atoms with van der Waals surface area (Å²) < 4.78 is 26.7. The van der Waals surface area contributed by atoms with Crippen molar-refractivity contribution in [3.63, 3.8) is 0 Å². The number of nitrogens with zero attached hydrogens (tertiary/aromatic N) is 3. The minimum atomic E-state index is -3.50. The number of fused-ring (bicyclic) bond motifs is 1. The highest BCUT2D eigenvalue weighted by Gasteiger charge is 2.29. The van der Waals surface area contributed by atoms with Crippen molar-refractivity contribution >= 4 is 27.5 Å². The quantitative estimate of drug-likeness (QED) is 0.535. The summed E-state index contributed by atoms with van der Waals surface area (Å²) in [5.74, 6) is 0.422. The molecule has 2 aromatic carbocycles. The molecule has 1 amide bonds. The second kappa shape index (κ2) is 11.1. The Morgan fingerprint density at radius 1 is 1.03 bits per heavy atom. The standard InChI is InChI=1S/C25H33N5O3S/c1-29-14-16-30(17-15-29)19-20-8-7-9-21(18-20)27-24(31)12-3-2-6-13-26-25-22-10-4-5-11-23(22)34(32,33)28-25/h4-5,7-11,18H,2-3,6,12-17,19H2,1H3,(H,26,28)(H,27,31). The van der Waals surface area contributed by atoms with Crippen LogP contribution in [0, 0.1) is 0 Å². The number of amides is 1. The van der Waals surface area contributed by atoms with E-state index in [1.54, 1.807) is 24.3 Å². The molecule has 0 atom stereocenters. The number of hydrogen-bond donors (Lipinski definition) is 2. The van der Waals surface area contributed by atoms with Gasteiger partial charge < -0.3 is 10.2 Å². The summed E-state index contributed by atoms with van der Waals surface area (Å²) in [5, 5.41) is 3.01. The molecule has 34 heavy (non-hydrogen) atoms. The Morgan fingerprint density at radius 2 is 1.82 bits per heavy atom. The van der Waals surface area contributed by atoms with Crippen LogP contribution in [0.5, 0.6) is 0 Å². The van der Waals surface area contributed by atoms with E-state index in [-0.39, 0.29) is 10.8 Å². The van der Waals surface area contributed by atoms with Crippen LogP contribution in [-0.2, 0) is 21.4 Å². The van der Waals surface area contributed by atoms with E-state index < -0.39 is 10.0 Å². The number of amidine groups is 1. The van der Waals surface area contributed by atoms with Crippen LogP contribution in [0.3, 0.4) is 0 Å². The predicted octanol–water partition coefficient (Wildman–Crippen LogP) is 2.67. The Balaban J connectivity index is 1.17. The van der Waals surface area contributed by atoms with Crippen LogP contribution >= 0.6 is 0 Å². The zero-order valence-corrected chi connectivity index (χ0v) is 20.5. The fourth-order valence-corrected chi connectivity index (χ4v) is 5.50. The number of likely N-dealkylation sites (N-methyl/N-ethyl adjacent to an activating group) is 1. The van der Waals surface area contributed by atoms with Gasteiger partial charge in [-0.3, -0.25) is 19.4 Å². The van der Waals surface area contributed by atoms with Crippen molar-refractivity contribution in [2.45, 2.75) is 37.1 Å². The number of benzene rings is 2. The lowest BCUT2D eigenvalue weighted by atomic mass is 10.1. The summed E-state index contributed by atoms with van der Waals surface area (Å²) in [4.78, 5) is 21.9. The van der Waals surface area contributed by atoms with Gasteiger partial charge in [0.2, 0.25) is 5.91 Å². The summed E-state index contributed by atoms with van der Waals surface area (Å²) in [5.41, 5.74) is 2.68. The lowest BCUT2D eigenvalue weighted by Crippen LogP contribution is -2.43. The van der Waals surface area contributed by atoms with Gasteiger partial charge in [0.1, 0.15) is 5.84 Å². The van der Waals surface area contributed by atoms with Crippen molar-refractivity contribution in [1.29, 1.82) is 0 Å². The summed E-state index contributed by atoms with van der Waals surface area (Å²) in [6.07, 6.45) is 2.86. The first-order valence-corrected chi connectivity index (χ1v) is 13.4. The summed E-state index contributed by atoms with van der Waals surface area (Å²) >= 11 is 0. The van der Waals surface area contributed by atoms with Gasteiger partial charge in [-0.2, -0.15) is 0 Å². The lowest BCUT2D eigenvalue weighted by Gasteiger charge is -2.32. The van der Waals surface area contributed by atoms with Crippen molar-refractivity contribution in [3.05, 3.63) is 59.7 Å². The normalized spacial score (nSPS) is 19.0. The molecule has 0 unspecified atom stereocenters. The third-order valence-electron chi connectivity index (χ3n) is 6.21. The number of carbonyl (C=O) groups excluding carboxylic acids is 1. The van der Waals surface area contributed by atoms with E-state index >= 15 is 0 Å². The smallest absolute Gasteiger partial charge is 0.263 e. The molecule has 182 valence electrons. The Bertz CT molecular complexity index is 1140. The largest absolute Gasteiger partial charge is 0.326 e. The Morgan fingerprint density at radius 3 is 2.65 bits per heavy atom. The Kier molecular flexibility index (Phi) is 7.97. The van der Waals surface area contributed by atoms with Crippen molar-refractivity contribution in [2.75, 3.05) is 45.1 Å². The maximum absolute atomic E-state index is 12.4. The first-order valence-electron chi connectivity index (χ1n) is 11.9. The number of hydrogen-bond acceptors (Lipinski definition) is 6. The third-order valence-corrected chi connectivity index (χ3v) is 7.60. The van der Waals surface area contributed by atoms with Gasteiger partial charge in [0.05, 0.1) is 4.90 Å². The molecule has 2 N–H and O–H groups in total. The van der Waals surface area contributed by atoms with Crippen LogP contribution in [0.25, 0.3) is 0 Å². The van der Waals surface area contributed by atoms with E-state index in [2.05, 4.69) is 44.0 Å². The minimum Gasteiger partial charge on any atom is -0.326 e. The topological polar surface area (TPSA) is 94.1 Å². The molecule has 0 spiro atoms. The predicted molar refractivity (Wildman–Crippen MR) is 134 cm³/mol. The van der Waals surface area contributed by atoms with E-state index in [1.807, 2.05) is 12.1 Å². The molecule has 0 bridgehead atoms. The summed E-state index contributed by atoms with van der Waals surface area (Å²) in [7, 11) is -1.34. The first-order chi connectivity index (χ1) is 16.4. The molecule has 1 fully saturated rings. The third kappa shape index (κ3) is 6.43. The first kappa shape index (κ1) is 24.4. The summed E-state index contributed by atoms with van der Waals surface area (Å²) in [6, 6.07) is 15.0. The van der Waals surface area contributed by atoms with Gasteiger partial charge in [0, 0.05) is 56.9 Å². The van der Waals surface area contributed by atoms with Gasteiger partial charge in [0.25, 0.3) is 10.0 Å². The molecule has 2 aliphatic heterocycles. The molecular weight excluding hydrogens is 450 g/mol. The number of aliphatic imine (C=N–C) groups is 1. The SMILES string of the molecule is CN1CCN(Cc2cccc(NC(=O)CCCCCN=C3NS(=O)(=O)c4ccccc43)c2)CC1. The van der Waals surface area contributed by atoms with Crippen LogP contribution in [0.15, 0.2) is 58.4 Å². The molecule has 2 aliphatic rings. The second-order valence-corrected chi connectivity index (χ2v) is 10.6. The van der Waals surface area contributed by atoms with Crippen molar-refractivity contribution in [3.8, 4) is 0 Å². The molecule has 4 rings (SSSR count). The number of sulfonamides is 1. The highest BCUT2D eigenvalue weighted by Crippen LogP contribution is 2.22. The van der Waals surface area contributed by atoms with Crippen LogP contribution in [-0.4, -0.2) is 69.7 Å². The van der Waals surface area contributed by atoms with Gasteiger partial charge in [-0.05, 0) is 49.7 Å². The molecular formula is C25H33N5O3S. The molecule has 0 aliphatic carbocycles. The fourth-order valence-electron chi connectivity index (χ4n) is 4.25. The van der Waals surface area contributed by atoms with Gasteiger partial charge in [-0.1, -0.05) is 30.7 Å². The molecule has 0 aromatic heterocycles. The number of carbonyl (C=O) groups is 1. The molecule has 1 saturated heterocycles. The van der Waals surface area contributed by atoms with Gasteiger partial charge >= 0.3 is 0 Å². The Labute approximate surface area is 202 Å². The van der Waals surface area contributed by atoms with E-state index in [0.717, 1.165) is 57.7 Å². The van der Waals surface area contributed by atoms with Crippen molar-refractivity contribution < 1.29 is 13.2 Å². The summed E-state index contributed by atoms with van der Waals surface area (Å²) in [6.45, 7) is 5.73. The minimum absolute atomic E-state index is 0.0144. The molecule has 0 radical (unpaired) electrons. The number of nitrogens with one attached hydrogen (secondary N) is 2. The number of unbranched alkanes of at least 4 members (excludes halogenated alkanes) is 2. The van der Waals surface area contributed by atoms with Crippen LogP contribution < -0.4 is 10.0 Å². The number of anilines is 1. The highest BCUT2D eigenvalue weighted by molar-refractivity contribution is 7.90. The maximum Gasteiger partial charge on any atom is 0.263 e. The highest BCUT2D eigenvalue weighted by atomic mass is 32.2. The van der Waals surface area contributed by atoms with Gasteiger partial charge in [-0.25, -0.2) is 8.42 Å². The fraction of sp³-hybridized carbons (Fsp3) is 0.440. The van der Waals surface area contributed by atoms with E-state index in [1.165, 1.54) is 5.56 Å². The molecule has 0 saturated carbocycles. The van der Waals surface area contributed by atoms with Crippen molar-refractivity contribution in [2.24, 2.45) is 4.99 Å². The second-order valence-electron chi connectivity index (χ2n) is 8.97. The van der Waals surface area contributed by atoms with Gasteiger partial charge in [-0.15, -0.1) is 0 Å². The Hall–Kier alpha value is -2.75. The van der Waals surface area contributed by atoms with Crippen LogP contribution in [0.1, 0.15) is 36.8 Å². The molecule has 8 nitrogen and oxygen atoms in total. The molecule has 2 aromatic rings. The van der Waals surface area contributed by atoms with Gasteiger partial charge in [0.15, 0.2) is 0 Å². The molecule has 9 heteroatoms. The number of piperazine rings is 1. The lowest BCUT2D eigenvalue weighted by molar-refractivity contribution is -0.116. The average Bonchev–Trinajstić information content (AvgIpc) is 3.08. The maximum atomic E-state index is 12.4. The zero-order chi connectivity index (χ0) is 24.0. The van der Waals surface area contributed by atoms with Crippen LogP contribution in [0.2, 0.25) is 0 Å². The van der Waals surface area contributed by atoms with E-state index in [4.69, 9.17) is 0 Å². The molecule has 2 heterocycles. The van der Waals surface area contributed by atoms with E-state index in [0.29, 0.717) is 24.4 Å².